The molecule has 0 aliphatic carbocycles. The highest BCUT2D eigenvalue weighted by Crippen LogP contribution is 2.36. The first-order valence-electron chi connectivity index (χ1n) is 7.67. The molecule has 0 amide bonds. The van der Waals surface area contributed by atoms with Crippen LogP contribution >= 0.6 is 15.9 Å². The molecule has 0 saturated heterocycles. The van der Waals surface area contributed by atoms with Crippen LogP contribution in [-0.2, 0) is 23.1 Å². The zero-order chi connectivity index (χ0) is 20.1. The highest BCUT2D eigenvalue weighted by Gasteiger charge is 2.33. The molecule has 3 rings (SSSR count). The van der Waals surface area contributed by atoms with Crippen molar-refractivity contribution in [2.75, 3.05) is 11.5 Å². The van der Waals surface area contributed by atoms with E-state index in [0.717, 1.165) is 12.3 Å². The Kier molecular flexibility index (Phi) is 4.71. The molecule has 27 heavy (non-hydrogen) atoms. The number of fused-ring (bicyclic) bond motifs is 1. The summed E-state index contributed by atoms with van der Waals surface area (Å²) in [6, 6.07) is 3.65. The van der Waals surface area contributed by atoms with Gasteiger partial charge in [0.1, 0.15) is 11.5 Å². The number of hydrogen-bond donors (Lipinski definition) is 1. The Morgan fingerprint density at radius 2 is 1.93 bits per heavy atom. The molecule has 1 aromatic carbocycles. The van der Waals surface area contributed by atoms with Crippen LogP contribution in [0.4, 0.5) is 18.9 Å². The van der Waals surface area contributed by atoms with E-state index in [2.05, 4.69) is 25.9 Å². The van der Waals surface area contributed by atoms with Crippen molar-refractivity contribution in [2.24, 2.45) is 7.05 Å². The van der Waals surface area contributed by atoms with Gasteiger partial charge in [0.25, 0.3) is 0 Å². The summed E-state index contributed by atoms with van der Waals surface area (Å²) in [6.07, 6.45) is -3.54. The number of halogens is 4. The molecule has 0 radical (unpaired) electrons. The smallest absolute Gasteiger partial charge is 0.398 e. The second-order valence-corrected chi connectivity index (χ2v) is 8.92. The lowest BCUT2D eigenvalue weighted by molar-refractivity contribution is -0.141. The van der Waals surface area contributed by atoms with Crippen molar-refractivity contribution in [3.8, 4) is 11.4 Å². The Morgan fingerprint density at radius 3 is 2.52 bits per heavy atom. The van der Waals surface area contributed by atoms with Crippen molar-refractivity contribution >= 4 is 42.5 Å². The van der Waals surface area contributed by atoms with E-state index in [0.29, 0.717) is 9.99 Å². The van der Waals surface area contributed by atoms with Gasteiger partial charge in [0.2, 0.25) is 0 Å². The molecular weight excluding hydrogens is 449 g/mol. The molecule has 0 bridgehead atoms. The fourth-order valence-corrected chi connectivity index (χ4v) is 4.09. The molecule has 3 aromatic rings. The highest BCUT2D eigenvalue weighted by molar-refractivity contribution is 9.10. The normalized spacial score (nSPS) is 12.7. The third kappa shape index (κ3) is 3.41. The van der Waals surface area contributed by atoms with Crippen molar-refractivity contribution in [3.63, 3.8) is 0 Å². The van der Waals surface area contributed by atoms with E-state index in [1.165, 1.54) is 23.6 Å². The maximum absolute atomic E-state index is 12.9. The zero-order valence-electron chi connectivity index (χ0n) is 14.2. The summed E-state index contributed by atoms with van der Waals surface area (Å²) in [7, 11) is -2.08. The molecule has 11 heteroatoms. The molecule has 2 heterocycles. The lowest BCUT2D eigenvalue weighted by Crippen LogP contribution is -2.08. The van der Waals surface area contributed by atoms with Gasteiger partial charge in [-0.15, -0.1) is 0 Å². The minimum atomic E-state index is -4.60. The minimum absolute atomic E-state index is 0.0342. The first-order valence-corrected chi connectivity index (χ1v) is 10.1. The summed E-state index contributed by atoms with van der Waals surface area (Å²) in [6.45, 7) is 1.49. The maximum Gasteiger partial charge on any atom is 0.433 e. The number of sulfone groups is 1. The van der Waals surface area contributed by atoms with Gasteiger partial charge in [-0.3, -0.25) is 0 Å². The van der Waals surface area contributed by atoms with E-state index in [-0.39, 0.29) is 33.2 Å². The van der Waals surface area contributed by atoms with Crippen molar-refractivity contribution in [1.82, 2.24) is 14.5 Å². The topological polar surface area (TPSA) is 90.9 Å². The van der Waals surface area contributed by atoms with E-state index in [9.17, 15) is 21.6 Å². The van der Waals surface area contributed by atoms with E-state index in [1.54, 1.807) is 7.05 Å². The standard InChI is InChI=1S/C16H14BrF3N4O2S/c1-3-27(25,26)13-5-10(21)9(17)4-8(13)15-23-11-6-14(16(18,19)20)22-7-12(11)24(15)2/h4-7H,3,21H2,1-2H3. The Morgan fingerprint density at radius 1 is 1.26 bits per heavy atom. The zero-order valence-corrected chi connectivity index (χ0v) is 16.6. The molecule has 6 nitrogen and oxygen atoms in total. The van der Waals surface area contributed by atoms with Gasteiger partial charge in [0.05, 0.1) is 27.9 Å². The predicted octanol–water partition coefficient (Wildman–Crippen LogP) is 3.79. The van der Waals surface area contributed by atoms with E-state index >= 15 is 0 Å². The number of alkyl halides is 3. The molecule has 0 fully saturated rings. The van der Waals surface area contributed by atoms with Crippen LogP contribution in [0.5, 0.6) is 0 Å². The van der Waals surface area contributed by atoms with Gasteiger partial charge in [0.15, 0.2) is 9.84 Å². The van der Waals surface area contributed by atoms with Gasteiger partial charge >= 0.3 is 6.18 Å². The number of nitrogen functional groups attached to an aromatic ring is 1. The van der Waals surface area contributed by atoms with Crippen LogP contribution in [0.2, 0.25) is 0 Å². The molecule has 0 atom stereocenters. The number of rotatable bonds is 3. The third-order valence-corrected chi connectivity index (χ3v) is 6.57. The van der Waals surface area contributed by atoms with Crippen LogP contribution in [0.15, 0.2) is 33.8 Å². The number of anilines is 1. The second kappa shape index (κ2) is 6.48. The van der Waals surface area contributed by atoms with E-state index in [1.807, 2.05) is 0 Å². The molecular formula is C16H14BrF3N4O2S. The molecule has 2 aromatic heterocycles. The first kappa shape index (κ1) is 19.6. The maximum atomic E-state index is 12.9. The summed E-state index contributed by atoms with van der Waals surface area (Å²) >= 11 is 3.25. The quantitative estimate of drug-likeness (QED) is 0.597. The second-order valence-electron chi connectivity index (χ2n) is 5.82. The van der Waals surface area contributed by atoms with Crippen LogP contribution < -0.4 is 5.73 Å². The van der Waals surface area contributed by atoms with E-state index in [4.69, 9.17) is 5.73 Å². The average molecular weight is 463 g/mol. The average Bonchev–Trinajstić information content (AvgIpc) is 2.92. The Balaban J connectivity index is 2.33. The minimum Gasteiger partial charge on any atom is -0.398 e. The van der Waals surface area contributed by atoms with Gasteiger partial charge in [0, 0.05) is 22.8 Å². The number of nitrogens with zero attached hydrogens (tertiary/aromatic N) is 3. The number of aryl methyl sites for hydroxylation is 1. The summed E-state index contributed by atoms with van der Waals surface area (Å²) < 4.78 is 65.7. The lowest BCUT2D eigenvalue weighted by atomic mass is 10.2. The van der Waals surface area contributed by atoms with Gasteiger partial charge in [-0.2, -0.15) is 13.2 Å². The Bertz CT molecular complexity index is 1160. The molecule has 0 unspecified atom stereocenters. The number of imidazole rings is 1. The molecule has 2 N–H and O–H groups in total. The number of benzene rings is 1. The van der Waals surface area contributed by atoms with Crippen LogP contribution in [-0.4, -0.2) is 28.7 Å². The largest absolute Gasteiger partial charge is 0.433 e. The highest BCUT2D eigenvalue weighted by atomic mass is 79.9. The third-order valence-electron chi connectivity index (χ3n) is 4.11. The van der Waals surface area contributed by atoms with Gasteiger partial charge in [-0.05, 0) is 34.1 Å². The van der Waals surface area contributed by atoms with Crippen molar-refractivity contribution in [2.45, 2.75) is 18.0 Å². The van der Waals surface area contributed by atoms with Gasteiger partial charge in [-0.25, -0.2) is 18.4 Å². The fraction of sp³-hybridized carbons (Fsp3) is 0.250. The SMILES string of the molecule is CCS(=O)(=O)c1cc(N)c(Br)cc1-c1nc2cc(C(F)(F)F)ncc2n1C. The van der Waals surface area contributed by atoms with Crippen molar-refractivity contribution in [3.05, 3.63) is 34.6 Å². The fourth-order valence-electron chi connectivity index (χ4n) is 2.64. The summed E-state index contributed by atoms with van der Waals surface area (Å²) in [4.78, 5) is 7.63. The van der Waals surface area contributed by atoms with Crippen LogP contribution in [0, 0.1) is 0 Å². The van der Waals surface area contributed by atoms with Crippen molar-refractivity contribution in [1.29, 1.82) is 0 Å². The summed E-state index contributed by atoms with van der Waals surface area (Å²) in [5.41, 5.74) is 5.62. The summed E-state index contributed by atoms with van der Waals surface area (Å²) in [5, 5.41) is 0. The monoisotopic (exact) mass is 462 g/mol. The van der Waals surface area contributed by atoms with Crippen molar-refractivity contribution < 1.29 is 21.6 Å². The predicted molar refractivity (Wildman–Crippen MR) is 98.8 cm³/mol. The van der Waals surface area contributed by atoms with Gasteiger partial charge < -0.3 is 10.3 Å². The molecule has 0 spiro atoms. The Labute approximate surface area is 161 Å². The molecule has 144 valence electrons. The number of hydrogen-bond acceptors (Lipinski definition) is 5. The first-order chi connectivity index (χ1) is 12.5. The van der Waals surface area contributed by atoms with Crippen LogP contribution in [0.25, 0.3) is 22.4 Å². The van der Waals surface area contributed by atoms with Crippen LogP contribution in [0.1, 0.15) is 12.6 Å². The summed E-state index contributed by atoms with van der Waals surface area (Å²) in [5.74, 6) is 0.0315. The van der Waals surface area contributed by atoms with Crippen LogP contribution in [0.3, 0.4) is 0 Å². The molecule has 0 saturated carbocycles. The number of pyridine rings is 1. The van der Waals surface area contributed by atoms with Gasteiger partial charge in [-0.1, -0.05) is 6.92 Å². The van der Waals surface area contributed by atoms with E-state index < -0.39 is 21.7 Å². The lowest BCUT2D eigenvalue weighted by Gasteiger charge is -2.12. The molecule has 0 aliphatic heterocycles. The Hall–Kier alpha value is -2.14. The molecule has 0 aliphatic rings. The number of aromatic nitrogens is 3. The number of nitrogens with two attached hydrogens (primary N) is 1.